The second-order valence-corrected chi connectivity index (χ2v) is 8.32. The third kappa shape index (κ3) is 4.44. The van der Waals surface area contributed by atoms with Crippen LogP contribution in [0.15, 0.2) is 43.0 Å². The lowest BCUT2D eigenvalue weighted by Crippen LogP contribution is -2.40. The van der Waals surface area contributed by atoms with Crippen molar-refractivity contribution in [3.05, 3.63) is 38.0 Å². The molecule has 0 amide bonds. The van der Waals surface area contributed by atoms with E-state index in [4.69, 9.17) is 4.43 Å². The average molecular weight is 249 g/mol. The predicted molar refractivity (Wildman–Crippen MR) is 78.0 cm³/mol. The lowest BCUT2D eigenvalue weighted by molar-refractivity contribution is 0.182. The Labute approximate surface area is 106 Å². The molecule has 1 heterocycles. The fourth-order valence-corrected chi connectivity index (χ4v) is 5.33. The van der Waals surface area contributed by atoms with Crippen LogP contribution in [0.2, 0.25) is 18.1 Å². The second kappa shape index (κ2) is 7.40. The highest BCUT2D eigenvalue weighted by atomic mass is 28.4. The smallest absolute Gasteiger partial charge is 0.206 e. The Bertz CT molecular complexity index is 272. The molecule has 1 aliphatic rings. The van der Waals surface area contributed by atoms with Gasteiger partial charge < -0.3 is 4.43 Å². The van der Waals surface area contributed by atoms with Crippen LogP contribution in [0, 0.1) is 0 Å². The van der Waals surface area contributed by atoms with E-state index >= 15 is 0 Å². The van der Waals surface area contributed by atoms with Gasteiger partial charge in [0.1, 0.15) is 6.23 Å². The number of aliphatic imine (C=N–C) groups is 1. The highest BCUT2D eigenvalue weighted by Gasteiger charge is 2.34. The van der Waals surface area contributed by atoms with Crippen molar-refractivity contribution in [2.24, 2.45) is 4.99 Å². The van der Waals surface area contributed by atoms with Crippen molar-refractivity contribution < 1.29 is 4.43 Å². The van der Waals surface area contributed by atoms with Crippen molar-refractivity contribution in [2.75, 3.05) is 0 Å². The van der Waals surface area contributed by atoms with Gasteiger partial charge in [-0.25, -0.2) is 0 Å². The van der Waals surface area contributed by atoms with Crippen molar-refractivity contribution in [1.29, 1.82) is 0 Å². The molecule has 94 valence electrons. The van der Waals surface area contributed by atoms with E-state index in [9.17, 15) is 0 Å². The summed E-state index contributed by atoms with van der Waals surface area (Å²) in [7, 11) is -1.85. The van der Waals surface area contributed by atoms with Gasteiger partial charge in [-0.05, 0) is 37.4 Å². The summed E-state index contributed by atoms with van der Waals surface area (Å²) in [4.78, 5) is 4.45. The maximum atomic E-state index is 6.33. The SMILES string of the molecule is C=CC[Si](CC=C)(CC=C)OC1CCCC=N1. The predicted octanol–water partition coefficient (Wildman–Crippen LogP) is 4.09. The Kier molecular flexibility index (Phi) is 6.15. The van der Waals surface area contributed by atoms with E-state index in [0.717, 1.165) is 31.0 Å². The lowest BCUT2D eigenvalue weighted by atomic mass is 10.2. The Balaban J connectivity index is 2.74. The molecule has 0 fully saturated rings. The minimum absolute atomic E-state index is 0.0512. The van der Waals surface area contributed by atoms with Crippen LogP contribution in [0.25, 0.3) is 0 Å². The lowest BCUT2D eigenvalue weighted by Gasteiger charge is -2.32. The first kappa shape index (κ1) is 14.1. The normalized spacial score (nSPS) is 19.9. The van der Waals surface area contributed by atoms with Crippen LogP contribution in [0.5, 0.6) is 0 Å². The molecule has 3 heteroatoms. The van der Waals surface area contributed by atoms with Gasteiger partial charge in [0.15, 0.2) is 0 Å². The molecule has 0 bridgehead atoms. The second-order valence-electron chi connectivity index (χ2n) is 4.50. The highest BCUT2D eigenvalue weighted by molar-refractivity contribution is 6.75. The zero-order valence-electron chi connectivity index (χ0n) is 10.6. The zero-order chi connectivity index (χ0) is 12.6. The van der Waals surface area contributed by atoms with Crippen LogP contribution in [0.4, 0.5) is 0 Å². The van der Waals surface area contributed by atoms with Gasteiger partial charge in [-0.15, -0.1) is 19.7 Å². The Hall–Kier alpha value is -0.933. The molecule has 0 spiro atoms. The minimum atomic E-state index is -1.85. The minimum Gasteiger partial charge on any atom is -0.395 e. The molecule has 0 aromatic heterocycles. The van der Waals surface area contributed by atoms with Crippen LogP contribution >= 0.6 is 0 Å². The van der Waals surface area contributed by atoms with E-state index in [1.165, 1.54) is 6.42 Å². The summed E-state index contributed by atoms with van der Waals surface area (Å²) < 4.78 is 6.33. The molecule has 0 saturated heterocycles. The standard InChI is InChI=1S/C14H23NOSi/c1-4-11-17(12-5-2,13-6-3)16-14-9-7-8-10-15-14/h4-6,10,14H,1-3,7-9,11-13H2. The fourth-order valence-electron chi connectivity index (χ4n) is 2.21. The third-order valence-corrected chi connectivity index (χ3v) is 6.86. The number of hydrogen-bond acceptors (Lipinski definition) is 2. The van der Waals surface area contributed by atoms with Gasteiger partial charge in [-0.2, -0.15) is 0 Å². The quantitative estimate of drug-likeness (QED) is 0.469. The van der Waals surface area contributed by atoms with E-state index in [0.29, 0.717) is 0 Å². The van der Waals surface area contributed by atoms with Crippen LogP contribution < -0.4 is 0 Å². The highest BCUT2D eigenvalue weighted by Crippen LogP contribution is 2.28. The molecule has 0 aliphatic carbocycles. The summed E-state index contributed by atoms with van der Waals surface area (Å²) in [6.45, 7) is 11.6. The summed E-state index contributed by atoms with van der Waals surface area (Å²) in [5, 5.41) is 0. The van der Waals surface area contributed by atoms with Gasteiger partial charge >= 0.3 is 0 Å². The molecule has 0 saturated carbocycles. The summed E-state index contributed by atoms with van der Waals surface area (Å²) in [5.41, 5.74) is 0. The first-order chi connectivity index (χ1) is 8.26. The van der Waals surface area contributed by atoms with Crippen LogP contribution in [0.3, 0.4) is 0 Å². The van der Waals surface area contributed by atoms with Crippen LogP contribution in [-0.2, 0) is 4.43 Å². The van der Waals surface area contributed by atoms with Crippen molar-refractivity contribution in [2.45, 2.75) is 43.6 Å². The van der Waals surface area contributed by atoms with E-state index in [2.05, 4.69) is 24.7 Å². The third-order valence-electron chi connectivity index (χ3n) is 2.99. The number of nitrogens with zero attached hydrogens (tertiary/aromatic N) is 1. The van der Waals surface area contributed by atoms with Gasteiger partial charge in [0.05, 0.1) is 0 Å². The van der Waals surface area contributed by atoms with Gasteiger partial charge in [0, 0.05) is 6.21 Å². The summed E-state index contributed by atoms with van der Waals surface area (Å²) in [5.74, 6) is 0. The van der Waals surface area contributed by atoms with E-state index in [1.54, 1.807) is 0 Å². The molecule has 0 aromatic rings. The van der Waals surface area contributed by atoms with Gasteiger partial charge in [0.2, 0.25) is 8.32 Å². The summed E-state index contributed by atoms with van der Waals surface area (Å²) in [6, 6.07) is 2.82. The van der Waals surface area contributed by atoms with Gasteiger partial charge in [-0.3, -0.25) is 4.99 Å². The Morgan fingerprint density at radius 3 is 2.18 bits per heavy atom. The fraction of sp³-hybridized carbons (Fsp3) is 0.500. The molecule has 1 rings (SSSR count). The van der Waals surface area contributed by atoms with Crippen molar-refractivity contribution >= 4 is 14.5 Å². The molecule has 17 heavy (non-hydrogen) atoms. The maximum Gasteiger partial charge on any atom is 0.206 e. The number of allylic oxidation sites excluding steroid dienone is 3. The molecular formula is C14H23NOSi. The monoisotopic (exact) mass is 249 g/mol. The van der Waals surface area contributed by atoms with Gasteiger partial charge in [0.25, 0.3) is 0 Å². The first-order valence-corrected chi connectivity index (χ1v) is 8.81. The molecule has 0 aromatic carbocycles. The molecule has 0 radical (unpaired) electrons. The van der Waals surface area contributed by atoms with E-state index < -0.39 is 8.32 Å². The van der Waals surface area contributed by atoms with Crippen LogP contribution in [-0.4, -0.2) is 20.8 Å². The van der Waals surface area contributed by atoms with Crippen molar-refractivity contribution in [1.82, 2.24) is 0 Å². The molecule has 0 N–H and O–H groups in total. The summed E-state index contributed by atoms with van der Waals surface area (Å²) >= 11 is 0. The maximum absolute atomic E-state index is 6.33. The molecular weight excluding hydrogens is 226 g/mol. The van der Waals surface area contributed by atoms with Crippen molar-refractivity contribution in [3.8, 4) is 0 Å². The molecule has 2 nitrogen and oxygen atoms in total. The van der Waals surface area contributed by atoms with Crippen molar-refractivity contribution in [3.63, 3.8) is 0 Å². The van der Waals surface area contributed by atoms with E-state index in [1.807, 2.05) is 24.4 Å². The molecule has 1 unspecified atom stereocenters. The average Bonchev–Trinajstić information content (AvgIpc) is 2.31. The Morgan fingerprint density at radius 2 is 1.76 bits per heavy atom. The largest absolute Gasteiger partial charge is 0.395 e. The molecule has 1 atom stereocenters. The molecule has 1 aliphatic heterocycles. The van der Waals surface area contributed by atoms with Crippen LogP contribution in [0.1, 0.15) is 19.3 Å². The first-order valence-electron chi connectivity index (χ1n) is 6.28. The summed E-state index contributed by atoms with van der Waals surface area (Å²) in [6.07, 6.45) is 11.2. The zero-order valence-corrected chi connectivity index (χ0v) is 11.6. The topological polar surface area (TPSA) is 21.6 Å². The Morgan fingerprint density at radius 1 is 1.18 bits per heavy atom. The number of rotatable bonds is 8. The van der Waals surface area contributed by atoms with E-state index in [-0.39, 0.29) is 6.23 Å². The van der Waals surface area contributed by atoms with Gasteiger partial charge in [-0.1, -0.05) is 18.2 Å². The number of hydrogen-bond donors (Lipinski definition) is 0.